The number of ether oxygens (including phenoxy) is 2. The van der Waals surface area contributed by atoms with Crippen molar-refractivity contribution in [1.29, 1.82) is 0 Å². The van der Waals surface area contributed by atoms with Crippen LogP contribution in [0, 0.1) is 5.92 Å². The maximum atomic E-state index is 12.3. The number of benzene rings is 1. The largest absolute Gasteiger partial charge is 0.432 e. The van der Waals surface area contributed by atoms with Crippen molar-refractivity contribution in [2.75, 3.05) is 6.54 Å². The molecule has 1 aliphatic rings. The van der Waals surface area contributed by atoms with Gasteiger partial charge in [0.1, 0.15) is 0 Å². The van der Waals surface area contributed by atoms with E-state index in [1.54, 1.807) is 19.1 Å². The summed E-state index contributed by atoms with van der Waals surface area (Å²) in [5, 5.41) is 5.73. The lowest BCUT2D eigenvalue weighted by molar-refractivity contribution is -0.147. The van der Waals surface area contributed by atoms with Gasteiger partial charge in [-0.3, -0.25) is 9.59 Å². The summed E-state index contributed by atoms with van der Waals surface area (Å²) in [5.41, 5.74) is 0.330. The maximum absolute atomic E-state index is 12.3. The van der Waals surface area contributed by atoms with Gasteiger partial charge in [-0.25, -0.2) is 4.79 Å². The molecule has 0 spiro atoms. The summed E-state index contributed by atoms with van der Waals surface area (Å²) < 4.78 is 11.2. The van der Waals surface area contributed by atoms with Crippen molar-refractivity contribution in [3.8, 4) is 0 Å². The molecule has 0 aliphatic carbocycles. The summed E-state index contributed by atoms with van der Waals surface area (Å²) >= 11 is 9.18. The lowest BCUT2D eigenvalue weighted by atomic mass is 10.0. The van der Waals surface area contributed by atoms with Crippen LogP contribution in [0.1, 0.15) is 37.6 Å². The molecule has 3 atom stereocenters. The molecule has 1 saturated heterocycles. The molecule has 1 unspecified atom stereocenters. The number of carbonyl (C=O) groups excluding carboxylic acids is 3. The number of nitrogens with one attached hydrogen (secondary N) is 2. The third-order valence-electron chi connectivity index (χ3n) is 3.89. The second-order valence-corrected chi connectivity index (χ2v) is 7.98. The Labute approximate surface area is 171 Å². The molecule has 7 nitrogen and oxygen atoms in total. The predicted molar refractivity (Wildman–Crippen MR) is 103 cm³/mol. The van der Waals surface area contributed by atoms with Crippen molar-refractivity contribution in [2.24, 2.45) is 5.92 Å². The SMILES string of the molecule is CC(C)C[C@@H](NC(=O)CNC(=O)c1cc(Cl)ccc1Br)C1OC(=O)[C@H](C)O1. The second kappa shape index (κ2) is 9.52. The maximum Gasteiger partial charge on any atom is 0.337 e. The molecule has 148 valence electrons. The average Bonchev–Trinajstić information content (AvgIpc) is 2.93. The van der Waals surface area contributed by atoms with Crippen molar-refractivity contribution in [3.05, 3.63) is 33.3 Å². The number of cyclic esters (lactones) is 1. The van der Waals surface area contributed by atoms with Gasteiger partial charge in [0.05, 0.1) is 18.2 Å². The summed E-state index contributed by atoms with van der Waals surface area (Å²) in [5.74, 6) is -1.06. The van der Waals surface area contributed by atoms with Crippen molar-refractivity contribution in [2.45, 2.75) is 45.6 Å². The van der Waals surface area contributed by atoms with E-state index in [-0.39, 0.29) is 12.5 Å². The van der Waals surface area contributed by atoms with Crippen molar-refractivity contribution >= 4 is 45.3 Å². The lowest BCUT2D eigenvalue weighted by Crippen LogP contribution is -2.48. The first-order valence-corrected chi connectivity index (χ1v) is 9.73. The molecule has 1 aromatic rings. The summed E-state index contributed by atoms with van der Waals surface area (Å²) in [7, 11) is 0. The molecule has 0 saturated carbocycles. The molecule has 2 rings (SSSR count). The van der Waals surface area contributed by atoms with Gasteiger partial charge in [-0.1, -0.05) is 25.4 Å². The third-order valence-corrected chi connectivity index (χ3v) is 4.81. The van der Waals surface area contributed by atoms with Crippen molar-refractivity contribution < 1.29 is 23.9 Å². The van der Waals surface area contributed by atoms with E-state index in [1.807, 2.05) is 13.8 Å². The van der Waals surface area contributed by atoms with Gasteiger partial charge in [-0.05, 0) is 53.4 Å². The van der Waals surface area contributed by atoms with Crippen LogP contribution in [0.3, 0.4) is 0 Å². The van der Waals surface area contributed by atoms with E-state index in [9.17, 15) is 14.4 Å². The number of halogens is 2. The van der Waals surface area contributed by atoms with Crippen LogP contribution >= 0.6 is 27.5 Å². The lowest BCUT2D eigenvalue weighted by Gasteiger charge is -2.24. The quantitative estimate of drug-likeness (QED) is 0.609. The van der Waals surface area contributed by atoms with Gasteiger partial charge in [0.2, 0.25) is 12.2 Å². The normalized spacial score (nSPS) is 20.3. The van der Waals surface area contributed by atoms with E-state index in [2.05, 4.69) is 26.6 Å². The Kier molecular flexibility index (Phi) is 7.64. The summed E-state index contributed by atoms with van der Waals surface area (Å²) in [4.78, 5) is 36.1. The summed E-state index contributed by atoms with van der Waals surface area (Å²) in [6, 6.07) is 4.31. The fourth-order valence-corrected chi connectivity index (χ4v) is 3.20. The fraction of sp³-hybridized carbons (Fsp3) is 0.500. The first-order valence-electron chi connectivity index (χ1n) is 8.56. The molecule has 27 heavy (non-hydrogen) atoms. The Hall–Kier alpha value is -1.64. The Balaban J connectivity index is 1.94. The van der Waals surface area contributed by atoms with Crippen LogP contribution in [0.2, 0.25) is 5.02 Å². The molecule has 1 heterocycles. The van der Waals surface area contributed by atoms with Gasteiger partial charge in [0, 0.05) is 9.50 Å². The molecule has 0 bridgehead atoms. The van der Waals surface area contributed by atoms with E-state index >= 15 is 0 Å². The number of carbonyl (C=O) groups is 3. The van der Waals surface area contributed by atoms with Crippen LogP contribution in [-0.2, 0) is 19.1 Å². The van der Waals surface area contributed by atoms with Crippen LogP contribution in [-0.4, -0.2) is 42.8 Å². The van der Waals surface area contributed by atoms with E-state index in [1.165, 1.54) is 6.07 Å². The highest BCUT2D eigenvalue weighted by Crippen LogP contribution is 2.21. The van der Waals surface area contributed by atoms with E-state index < -0.39 is 36.2 Å². The summed E-state index contributed by atoms with van der Waals surface area (Å²) in [6.45, 7) is 5.33. The third kappa shape index (κ3) is 6.19. The van der Waals surface area contributed by atoms with Crippen molar-refractivity contribution in [3.63, 3.8) is 0 Å². The molecule has 0 radical (unpaired) electrons. The predicted octanol–water partition coefficient (Wildman–Crippen LogP) is 2.65. The minimum absolute atomic E-state index is 0.234. The zero-order valence-electron chi connectivity index (χ0n) is 15.3. The molecule has 1 fully saturated rings. The number of esters is 1. The van der Waals surface area contributed by atoms with Crippen LogP contribution in [0.15, 0.2) is 22.7 Å². The standard InChI is InChI=1S/C18H22BrClN2O5/c1-9(2)6-14(18-26-10(3)17(25)27-18)22-15(23)8-21-16(24)12-7-11(20)4-5-13(12)19/h4-5,7,9-10,14,18H,6,8H2,1-3H3,(H,21,24)(H,22,23)/t10-,14+,18?/m0/s1. The zero-order chi connectivity index (χ0) is 20.1. The monoisotopic (exact) mass is 460 g/mol. The number of hydrogen-bond acceptors (Lipinski definition) is 5. The Morgan fingerprint density at radius 2 is 2.04 bits per heavy atom. The zero-order valence-corrected chi connectivity index (χ0v) is 17.6. The van der Waals surface area contributed by atoms with E-state index in [4.69, 9.17) is 21.1 Å². The van der Waals surface area contributed by atoms with Crippen LogP contribution in [0.5, 0.6) is 0 Å². The minimum atomic E-state index is -0.836. The molecule has 1 aliphatic heterocycles. The molecular weight excluding hydrogens is 440 g/mol. The van der Waals surface area contributed by atoms with Gasteiger partial charge < -0.3 is 20.1 Å². The van der Waals surface area contributed by atoms with E-state index in [0.29, 0.717) is 21.5 Å². The Bertz CT molecular complexity index is 728. The topological polar surface area (TPSA) is 93.7 Å². The van der Waals surface area contributed by atoms with Gasteiger partial charge in [0.25, 0.3) is 5.91 Å². The van der Waals surface area contributed by atoms with Crippen molar-refractivity contribution in [1.82, 2.24) is 10.6 Å². The minimum Gasteiger partial charge on any atom is -0.432 e. The number of hydrogen-bond donors (Lipinski definition) is 2. The first-order chi connectivity index (χ1) is 12.7. The van der Waals surface area contributed by atoms with Gasteiger partial charge in [-0.2, -0.15) is 0 Å². The smallest absolute Gasteiger partial charge is 0.337 e. The van der Waals surface area contributed by atoms with Crippen LogP contribution in [0.25, 0.3) is 0 Å². The number of amides is 2. The van der Waals surface area contributed by atoms with Crippen LogP contribution in [0.4, 0.5) is 0 Å². The first kappa shape index (κ1) is 21.7. The Morgan fingerprint density at radius 1 is 1.33 bits per heavy atom. The highest BCUT2D eigenvalue weighted by atomic mass is 79.9. The van der Waals surface area contributed by atoms with Gasteiger partial charge in [-0.15, -0.1) is 0 Å². The number of rotatable bonds is 7. The second-order valence-electron chi connectivity index (χ2n) is 6.69. The highest BCUT2D eigenvalue weighted by molar-refractivity contribution is 9.10. The molecular formula is C18H22BrClN2O5. The highest BCUT2D eigenvalue weighted by Gasteiger charge is 2.38. The van der Waals surface area contributed by atoms with Gasteiger partial charge in [0.15, 0.2) is 6.10 Å². The molecule has 2 amide bonds. The molecule has 0 aromatic heterocycles. The summed E-state index contributed by atoms with van der Waals surface area (Å²) in [6.07, 6.45) is -0.942. The van der Waals surface area contributed by atoms with Crippen LogP contribution < -0.4 is 10.6 Å². The average molecular weight is 462 g/mol. The molecule has 2 N–H and O–H groups in total. The Morgan fingerprint density at radius 3 is 2.63 bits per heavy atom. The van der Waals surface area contributed by atoms with Gasteiger partial charge >= 0.3 is 5.97 Å². The molecule has 9 heteroatoms. The fourth-order valence-electron chi connectivity index (χ4n) is 2.60. The molecule has 1 aromatic carbocycles. The van der Waals surface area contributed by atoms with E-state index in [0.717, 1.165) is 0 Å².